The summed E-state index contributed by atoms with van der Waals surface area (Å²) < 4.78 is 24.4. The van der Waals surface area contributed by atoms with E-state index in [1.165, 1.54) is 24.3 Å². The average Bonchev–Trinajstić information content (AvgIpc) is 2.91. The number of urea groups is 1. The van der Waals surface area contributed by atoms with Gasteiger partial charge < -0.3 is 30.3 Å². The molecule has 1 aliphatic rings. The zero-order valence-electron chi connectivity index (χ0n) is 23.5. The summed E-state index contributed by atoms with van der Waals surface area (Å²) in [6.07, 6.45) is 2.24. The van der Waals surface area contributed by atoms with Crippen LogP contribution in [0.15, 0.2) is 60.8 Å². The maximum absolute atomic E-state index is 13.1. The summed E-state index contributed by atoms with van der Waals surface area (Å²) in [5.41, 5.74) is 1.24. The predicted octanol–water partition coefficient (Wildman–Crippen LogP) is 6.55. The second-order valence-corrected chi connectivity index (χ2v) is 10.8. The zero-order valence-corrected chi connectivity index (χ0v) is 23.5. The summed E-state index contributed by atoms with van der Waals surface area (Å²) in [5, 5.41) is 8.25. The summed E-state index contributed by atoms with van der Waals surface area (Å²) in [6.45, 7) is 8.19. The number of ether oxygens (including phenoxy) is 2. The van der Waals surface area contributed by atoms with E-state index in [2.05, 4.69) is 20.9 Å². The van der Waals surface area contributed by atoms with E-state index in [0.29, 0.717) is 54.6 Å². The van der Waals surface area contributed by atoms with Gasteiger partial charge in [-0.2, -0.15) is 0 Å². The summed E-state index contributed by atoms with van der Waals surface area (Å²) in [6, 6.07) is 13.5. The summed E-state index contributed by atoms with van der Waals surface area (Å²) in [5.74, 6) is 0.568. The minimum Gasteiger partial charge on any atom is -0.457 e. The Balaban J connectivity index is 1.29. The van der Waals surface area contributed by atoms with Gasteiger partial charge in [-0.25, -0.2) is 19.0 Å². The van der Waals surface area contributed by atoms with E-state index >= 15 is 0 Å². The molecule has 3 aromatic rings. The minimum atomic E-state index is -0.565. The van der Waals surface area contributed by atoms with E-state index in [1.54, 1.807) is 41.4 Å². The zero-order chi connectivity index (χ0) is 29.6. The molecular weight excluding hydrogens is 529 g/mol. The highest BCUT2D eigenvalue weighted by Crippen LogP contribution is 2.28. The molecule has 0 spiro atoms. The molecule has 3 N–H and O–H groups in total. The first kappa shape index (κ1) is 29.3. The molecule has 0 aliphatic carbocycles. The molecule has 41 heavy (non-hydrogen) atoms. The van der Waals surface area contributed by atoms with E-state index in [-0.39, 0.29) is 23.7 Å². The number of halogens is 1. The number of hydrogen-bond donors (Lipinski definition) is 3. The van der Waals surface area contributed by atoms with Gasteiger partial charge in [0.2, 0.25) is 5.91 Å². The van der Waals surface area contributed by atoms with Crippen LogP contribution in [0.1, 0.15) is 39.2 Å². The van der Waals surface area contributed by atoms with E-state index in [4.69, 9.17) is 9.47 Å². The molecule has 4 amide bonds. The molecule has 0 saturated carbocycles. The molecule has 11 heteroatoms. The van der Waals surface area contributed by atoms with Crippen LogP contribution in [0.5, 0.6) is 11.5 Å². The van der Waals surface area contributed by atoms with Crippen molar-refractivity contribution in [3.8, 4) is 11.5 Å². The Morgan fingerprint density at radius 3 is 2.27 bits per heavy atom. The monoisotopic (exact) mass is 563 g/mol. The van der Waals surface area contributed by atoms with Crippen LogP contribution in [0.25, 0.3) is 0 Å². The number of likely N-dealkylation sites (tertiary alicyclic amines) is 1. The van der Waals surface area contributed by atoms with E-state index < -0.39 is 11.6 Å². The van der Waals surface area contributed by atoms with Crippen LogP contribution in [-0.4, -0.2) is 46.6 Å². The van der Waals surface area contributed by atoms with Gasteiger partial charge in [0.15, 0.2) is 0 Å². The number of rotatable bonds is 6. The van der Waals surface area contributed by atoms with Gasteiger partial charge >= 0.3 is 12.1 Å². The number of amides is 4. The molecule has 0 radical (unpaired) electrons. The number of carbonyl (C=O) groups is 3. The fourth-order valence-electron chi connectivity index (χ4n) is 4.22. The molecule has 1 aliphatic heterocycles. The number of benzene rings is 2. The van der Waals surface area contributed by atoms with Gasteiger partial charge in [0, 0.05) is 42.6 Å². The lowest BCUT2D eigenvalue weighted by molar-refractivity contribution is -0.121. The van der Waals surface area contributed by atoms with Gasteiger partial charge in [0.25, 0.3) is 0 Å². The minimum absolute atomic E-state index is 0.163. The van der Waals surface area contributed by atoms with Crippen LogP contribution in [0, 0.1) is 18.7 Å². The molecule has 1 saturated heterocycles. The summed E-state index contributed by atoms with van der Waals surface area (Å²) in [7, 11) is 0. The highest BCUT2D eigenvalue weighted by atomic mass is 19.1. The smallest absolute Gasteiger partial charge is 0.410 e. The molecule has 10 nitrogen and oxygen atoms in total. The van der Waals surface area contributed by atoms with Crippen molar-refractivity contribution in [2.24, 2.45) is 5.92 Å². The van der Waals surface area contributed by atoms with E-state index in [1.807, 2.05) is 27.7 Å². The van der Waals surface area contributed by atoms with Crippen LogP contribution in [0.2, 0.25) is 0 Å². The number of aromatic nitrogens is 1. The fraction of sp³-hybridized carbons (Fsp3) is 0.333. The number of piperidine rings is 1. The van der Waals surface area contributed by atoms with Crippen molar-refractivity contribution in [2.75, 3.05) is 29.0 Å². The molecular formula is C30H34FN5O5. The average molecular weight is 564 g/mol. The van der Waals surface area contributed by atoms with Crippen LogP contribution < -0.4 is 20.7 Å². The number of anilines is 3. The molecule has 0 atom stereocenters. The number of carbonyl (C=O) groups excluding carboxylic acids is 3. The van der Waals surface area contributed by atoms with Crippen LogP contribution in [0.3, 0.4) is 0 Å². The van der Waals surface area contributed by atoms with Crippen molar-refractivity contribution < 1.29 is 28.2 Å². The van der Waals surface area contributed by atoms with Crippen LogP contribution in [-0.2, 0) is 9.53 Å². The van der Waals surface area contributed by atoms with Gasteiger partial charge in [-0.3, -0.25) is 4.79 Å². The Kier molecular flexibility index (Phi) is 9.06. The van der Waals surface area contributed by atoms with E-state index in [0.717, 1.165) is 5.56 Å². The topological polar surface area (TPSA) is 122 Å². The van der Waals surface area contributed by atoms with Crippen molar-refractivity contribution in [3.63, 3.8) is 0 Å². The van der Waals surface area contributed by atoms with E-state index in [9.17, 15) is 18.8 Å². The summed E-state index contributed by atoms with van der Waals surface area (Å²) in [4.78, 5) is 43.3. The highest BCUT2D eigenvalue weighted by molar-refractivity contribution is 6.00. The van der Waals surface area contributed by atoms with Crippen molar-refractivity contribution in [1.29, 1.82) is 0 Å². The Morgan fingerprint density at radius 2 is 1.61 bits per heavy atom. The number of aryl methyl sites for hydroxylation is 1. The lowest BCUT2D eigenvalue weighted by Gasteiger charge is -2.32. The van der Waals surface area contributed by atoms with Gasteiger partial charge in [-0.15, -0.1) is 0 Å². The van der Waals surface area contributed by atoms with Crippen LogP contribution >= 0.6 is 0 Å². The quantitative estimate of drug-likeness (QED) is 0.313. The highest BCUT2D eigenvalue weighted by Gasteiger charge is 2.30. The molecule has 2 aromatic carbocycles. The third-order valence-electron chi connectivity index (χ3n) is 6.28. The summed E-state index contributed by atoms with van der Waals surface area (Å²) >= 11 is 0. The Bertz CT molecular complexity index is 1400. The van der Waals surface area contributed by atoms with Crippen molar-refractivity contribution >= 4 is 35.2 Å². The maximum Gasteiger partial charge on any atom is 0.410 e. The molecule has 1 fully saturated rings. The Morgan fingerprint density at radius 1 is 0.927 bits per heavy atom. The third-order valence-corrected chi connectivity index (χ3v) is 6.28. The van der Waals surface area contributed by atoms with Gasteiger partial charge in [0.1, 0.15) is 28.7 Å². The van der Waals surface area contributed by atoms with Gasteiger partial charge in [-0.1, -0.05) is 0 Å². The molecule has 216 valence electrons. The number of pyridine rings is 1. The number of hydrogen-bond acceptors (Lipinski definition) is 6. The number of nitrogens with one attached hydrogen (secondary N) is 3. The third kappa shape index (κ3) is 8.66. The first-order valence-corrected chi connectivity index (χ1v) is 13.3. The van der Waals surface area contributed by atoms with Crippen molar-refractivity contribution in [2.45, 2.75) is 46.1 Å². The standard InChI is InChI=1S/C30H34FN5O5/c1-19-17-23(9-10-25(19)34-28(38)33-22-7-5-21(31)6-8-22)40-24-11-14-32-26(18-24)35-27(37)20-12-15-36(16-13-20)29(39)41-30(2,3)4/h5-11,14,17-18,20H,12-13,15-16H2,1-4H3,(H,32,35,37)(H2,33,34,38). The van der Waals surface area contributed by atoms with Crippen molar-refractivity contribution in [1.82, 2.24) is 9.88 Å². The molecule has 1 aromatic heterocycles. The normalized spacial score (nSPS) is 13.7. The lowest BCUT2D eigenvalue weighted by Crippen LogP contribution is -2.43. The van der Waals surface area contributed by atoms with Crippen LogP contribution in [0.4, 0.5) is 31.2 Å². The van der Waals surface area contributed by atoms with Gasteiger partial charge in [0.05, 0.1) is 0 Å². The molecule has 0 bridgehead atoms. The molecule has 2 heterocycles. The van der Waals surface area contributed by atoms with Crippen molar-refractivity contribution in [3.05, 3.63) is 72.2 Å². The molecule has 0 unspecified atom stereocenters. The second kappa shape index (κ2) is 12.7. The first-order valence-electron chi connectivity index (χ1n) is 13.3. The molecule has 4 rings (SSSR count). The Hall–Kier alpha value is -4.67. The largest absolute Gasteiger partial charge is 0.457 e. The number of nitrogens with zero attached hydrogens (tertiary/aromatic N) is 2. The maximum atomic E-state index is 13.1. The first-order chi connectivity index (χ1) is 19.4. The van der Waals surface area contributed by atoms with Gasteiger partial charge in [-0.05, 0) is 94.6 Å². The second-order valence-electron chi connectivity index (χ2n) is 10.8. The fourth-order valence-corrected chi connectivity index (χ4v) is 4.22. The Labute approximate surface area is 238 Å². The predicted molar refractivity (Wildman–Crippen MR) is 154 cm³/mol. The SMILES string of the molecule is Cc1cc(Oc2ccnc(NC(=O)C3CCN(C(=O)OC(C)(C)C)CC3)c2)ccc1NC(=O)Nc1ccc(F)cc1. The lowest BCUT2D eigenvalue weighted by atomic mass is 9.96.